The van der Waals surface area contributed by atoms with Gasteiger partial charge in [0, 0.05) is 21.2 Å². The average Bonchev–Trinajstić information content (AvgIpc) is 2.04. The summed E-state index contributed by atoms with van der Waals surface area (Å²) in [5.74, 6) is 0. The van der Waals surface area contributed by atoms with Crippen molar-refractivity contribution in [2.75, 3.05) is 0 Å². The molecule has 0 saturated heterocycles. The summed E-state index contributed by atoms with van der Waals surface area (Å²) in [6.45, 7) is 4.14. The lowest BCUT2D eigenvalue weighted by Gasteiger charge is -2.14. The first kappa shape index (κ1) is 10.9. The van der Waals surface area contributed by atoms with Crippen LogP contribution in [0.2, 0.25) is 5.02 Å². The molecule has 72 valence electrons. The minimum atomic E-state index is 0.198. The first-order valence-electron chi connectivity index (χ1n) is 4.27. The zero-order valence-electron chi connectivity index (χ0n) is 7.83. The Kier molecular flexibility index (Phi) is 4.10. The summed E-state index contributed by atoms with van der Waals surface area (Å²) in [5.41, 5.74) is 5.77. The monoisotopic (exact) mass is 215 g/mol. The first-order valence-corrected chi connectivity index (χ1v) is 5.53. The Morgan fingerprint density at radius 2 is 2.08 bits per heavy atom. The molecule has 2 N–H and O–H groups in total. The highest BCUT2D eigenvalue weighted by molar-refractivity contribution is 8.00. The van der Waals surface area contributed by atoms with Crippen molar-refractivity contribution in [1.82, 2.24) is 0 Å². The van der Waals surface area contributed by atoms with Crippen molar-refractivity contribution in [3.8, 4) is 0 Å². The van der Waals surface area contributed by atoms with Gasteiger partial charge in [-0.15, -0.1) is 11.8 Å². The van der Waals surface area contributed by atoms with Crippen molar-refractivity contribution in [2.24, 2.45) is 5.73 Å². The van der Waals surface area contributed by atoms with Gasteiger partial charge in [-0.25, -0.2) is 0 Å². The molecular formula is C10H14ClNS. The maximum absolute atomic E-state index is 5.86. The SMILES string of the molecule is CC(N)C(C)Sc1cccc(Cl)c1. The fourth-order valence-electron chi connectivity index (χ4n) is 0.862. The predicted molar refractivity (Wildman–Crippen MR) is 60.4 cm³/mol. The van der Waals surface area contributed by atoms with Gasteiger partial charge in [-0.1, -0.05) is 24.6 Å². The summed E-state index contributed by atoms with van der Waals surface area (Å²) in [5, 5.41) is 1.19. The van der Waals surface area contributed by atoms with E-state index in [0.29, 0.717) is 5.25 Å². The molecule has 0 bridgehead atoms. The second-order valence-electron chi connectivity index (χ2n) is 3.14. The molecule has 13 heavy (non-hydrogen) atoms. The summed E-state index contributed by atoms with van der Waals surface area (Å²) in [6.07, 6.45) is 0. The Labute approximate surface area is 88.7 Å². The van der Waals surface area contributed by atoms with Crippen LogP contribution >= 0.6 is 23.4 Å². The lowest BCUT2D eigenvalue weighted by atomic mass is 10.3. The number of hydrogen-bond donors (Lipinski definition) is 1. The second kappa shape index (κ2) is 4.89. The van der Waals surface area contributed by atoms with Crippen molar-refractivity contribution in [3.05, 3.63) is 29.3 Å². The van der Waals surface area contributed by atoms with Crippen LogP contribution in [0.3, 0.4) is 0 Å². The number of thioether (sulfide) groups is 1. The van der Waals surface area contributed by atoms with Crippen molar-refractivity contribution in [3.63, 3.8) is 0 Å². The first-order chi connectivity index (χ1) is 6.09. The van der Waals surface area contributed by atoms with E-state index < -0.39 is 0 Å². The largest absolute Gasteiger partial charge is 0.327 e. The van der Waals surface area contributed by atoms with E-state index in [-0.39, 0.29) is 6.04 Å². The molecule has 0 aliphatic carbocycles. The fraction of sp³-hybridized carbons (Fsp3) is 0.400. The number of hydrogen-bond acceptors (Lipinski definition) is 2. The molecule has 2 unspecified atom stereocenters. The Bertz CT molecular complexity index is 275. The third-order valence-corrected chi connectivity index (χ3v) is 3.42. The average molecular weight is 216 g/mol. The molecule has 1 aromatic rings. The molecule has 3 heteroatoms. The van der Waals surface area contributed by atoms with Crippen LogP contribution in [0.4, 0.5) is 0 Å². The summed E-state index contributed by atoms with van der Waals surface area (Å²) >= 11 is 7.62. The summed E-state index contributed by atoms with van der Waals surface area (Å²) < 4.78 is 0. The van der Waals surface area contributed by atoms with Crippen LogP contribution in [0.25, 0.3) is 0 Å². The van der Waals surface area contributed by atoms with Gasteiger partial charge in [0.05, 0.1) is 0 Å². The van der Waals surface area contributed by atoms with Crippen LogP contribution in [0, 0.1) is 0 Å². The topological polar surface area (TPSA) is 26.0 Å². The van der Waals surface area contributed by atoms with E-state index >= 15 is 0 Å². The van der Waals surface area contributed by atoms with Gasteiger partial charge in [0.25, 0.3) is 0 Å². The van der Waals surface area contributed by atoms with E-state index in [0.717, 1.165) is 5.02 Å². The minimum absolute atomic E-state index is 0.198. The van der Waals surface area contributed by atoms with E-state index in [1.165, 1.54) is 4.90 Å². The highest BCUT2D eigenvalue weighted by atomic mass is 35.5. The molecule has 0 heterocycles. The van der Waals surface area contributed by atoms with Gasteiger partial charge in [-0.2, -0.15) is 0 Å². The van der Waals surface area contributed by atoms with E-state index in [1.807, 2.05) is 25.1 Å². The molecule has 0 aliphatic rings. The smallest absolute Gasteiger partial charge is 0.0417 e. The van der Waals surface area contributed by atoms with Gasteiger partial charge in [0.1, 0.15) is 0 Å². The van der Waals surface area contributed by atoms with E-state index in [4.69, 9.17) is 17.3 Å². The van der Waals surface area contributed by atoms with Crippen molar-refractivity contribution >= 4 is 23.4 Å². The normalized spacial score (nSPS) is 15.4. The lowest BCUT2D eigenvalue weighted by molar-refractivity contribution is 0.731. The molecule has 0 radical (unpaired) electrons. The molecule has 0 aliphatic heterocycles. The third kappa shape index (κ3) is 3.59. The molecule has 1 rings (SSSR count). The number of benzene rings is 1. The van der Waals surface area contributed by atoms with E-state index in [9.17, 15) is 0 Å². The van der Waals surface area contributed by atoms with Gasteiger partial charge in [0.15, 0.2) is 0 Å². The van der Waals surface area contributed by atoms with Crippen molar-refractivity contribution < 1.29 is 0 Å². The van der Waals surface area contributed by atoms with Gasteiger partial charge in [-0.3, -0.25) is 0 Å². The highest BCUT2D eigenvalue weighted by Crippen LogP contribution is 2.26. The third-order valence-electron chi connectivity index (χ3n) is 1.86. The fourth-order valence-corrected chi connectivity index (χ4v) is 2.11. The molecule has 1 aromatic carbocycles. The predicted octanol–water partition coefficient (Wildman–Crippen LogP) is 3.17. The summed E-state index contributed by atoms with van der Waals surface area (Å²) in [6, 6.07) is 8.05. The summed E-state index contributed by atoms with van der Waals surface area (Å²) in [4.78, 5) is 1.18. The molecule has 1 nitrogen and oxygen atoms in total. The van der Waals surface area contributed by atoms with E-state index in [1.54, 1.807) is 11.8 Å². The van der Waals surface area contributed by atoms with E-state index in [2.05, 4.69) is 13.0 Å². The molecule has 0 spiro atoms. The van der Waals surface area contributed by atoms with Crippen molar-refractivity contribution in [2.45, 2.75) is 30.0 Å². The molecule has 2 atom stereocenters. The van der Waals surface area contributed by atoms with Gasteiger partial charge in [0.2, 0.25) is 0 Å². The van der Waals surface area contributed by atoms with Gasteiger partial charge < -0.3 is 5.73 Å². The van der Waals surface area contributed by atoms with Crippen LogP contribution in [-0.2, 0) is 0 Å². The van der Waals surface area contributed by atoms with Crippen LogP contribution in [-0.4, -0.2) is 11.3 Å². The van der Waals surface area contributed by atoms with Crippen LogP contribution < -0.4 is 5.73 Å². The molecular weight excluding hydrogens is 202 g/mol. The summed E-state index contributed by atoms with van der Waals surface area (Å²) in [7, 11) is 0. The Hall–Kier alpha value is -0.180. The standard InChI is InChI=1S/C10H14ClNS/c1-7(12)8(2)13-10-5-3-4-9(11)6-10/h3-8H,12H2,1-2H3. The zero-order chi connectivity index (χ0) is 9.84. The minimum Gasteiger partial charge on any atom is -0.327 e. The highest BCUT2D eigenvalue weighted by Gasteiger charge is 2.08. The maximum Gasteiger partial charge on any atom is 0.0417 e. The van der Waals surface area contributed by atoms with Crippen LogP contribution in [0.15, 0.2) is 29.2 Å². The Balaban J connectivity index is 2.64. The van der Waals surface area contributed by atoms with Gasteiger partial charge >= 0.3 is 0 Å². The Morgan fingerprint density at radius 1 is 1.38 bits per heavy atom. The number of rotatable bonds is 3. The van der Waals surface area contributed by atoms with Gasteiger partial charge in [-0.05, 0) is 25.1 Å². The van der Waals surface area contributed by atoms with Crippen LogP contribution in [0.1, 0.15) is 13.8 Å². The molecule has 0 amide bonds. The maximum atomic E-state index is 5.86. The second-order valence-corrected chi connectivity index (χ2v) is 5.03. The zero-order valence-corrected chi connectivity index (χ0v) is 9.40. The number of nitrogens with two attached hydrogens (primary N) is 1. The quantitative estimate of drug-likeness (QED) is 0.784. The Morgan fingerprint density at radius 3 is 2.62 bits per heavy atom. The van der Waals surface area contributed by atoms with Crippen LogP contribution in [0.5, 0.6) is 0 Å². The molecule has 0 aromatic heterocycles. The lowest BCUT2D eigenvalue weighted by Crippen LogP contribution is -2.26. The molecule has 0 fully saturated rings. The number of halogens is 1. The molecule has 0 saturated carbocycles. The van der Waals surface area contributed by atoms with Crippen molar-refractivity contribution in [1.29, 1.82) is 0 Å².